The number of nitrogens with zero attached hydrogens (tertiary/aromatic N) is 2. The zero-order valence-electron chi connectivity index (χ0n) is 10.8. The van der Waals surface area contributed by atoms with Gasteiger partial charge in [0.15, 0.2) is 5.82 Å². The first-order chi connectivity index (χ1) is 8.84. The Hall–Kier alpha value is -2.31. The molecule has 1 saturated heterocycles. The van der Waals surface area contributed by atoms with Gasteiger partial charge in [-0.3, -0.25) is 4.79 Å². The Labute approximate surface area is 110 Å². The molecule has 2 rings (SSSR count). The lowest BCUT2D eigenvalue weighted by Gasteiger charge is -2.42. The number of pyridine rings is 1. The first kappa shape index (κ1) is 13.1. The Morgan fingerprint density at radius 1 is 1.58 bits per heavy atom. The number of hydrogen-bond donors (Lipinski definition) is 3. The molecule has 7 heteroatoms. The number of carbonyl (C=O) groups is 2. The lowest BCUT2D eigenvalue weighted by atomic mass is 9.98. The van der Waals surface area contributed by atoms with Crippen molar-refractivity contribution < 1.29 is 14.7 Å². The highest BCUT2D eigenvalue weighted by molar-refractivity contribution is 5.92. The molecule has 1 aromatic heterocycles. The Balaban J connectivity index is 2.41. The number of carboxylic acids is 1. The number of rotatable bonds is 2. The van der Waals surface area contributed by atoms with Crippen LogP contribution in [-0.4, -0.2) is 40.6 Å². The quantitative estimate of drug-likeness (QED) is 0.698. The number of carbonyl (C=O) groups excluding carboxylic acids is 1. The molecule has 0 saturated carbocycles. The van der Waals surface area contributed by atoms with Crippen molar-refractivity contribution in [2.24, 2.45) is 0 Å². The molecule has 102 valence electrons. The number of nitrogen functional groups attached to an aromatic ring is 1. The van der Waals surface area contributed by atoms with E-state index in [1.54, 1.807) is 18.7 Å². The third-order valence-electron chi connectivity index (χ3n) is 3.25. The van der Waals surface area contributed by atoms with Crippen LogP contribution in [0.1, 0.15) is 24.2 Å². The van der Waals surface area contributed by atoms with E-state index in [0.29, 0.717) is 18.9 Å². The summed E-state index contributed by atoms with van der Waals surface area (Å²) in [5.41, 5.74) is 5.36. The molecule has 0 bridgehead atoms. The van der Waals surface area contributed by atoms with Crippen molar-refractivity contribution in [3.63, 3.8) is 0 Å². The maximum Gasteiger partial charge on any atom is 0.337 e. The van der Waals surface area contributed by atoms with Gasteiger partial charge in [0.2, 0.25) is 5.91 Å². The molecule has 0 aliphatic carbocycles. The second-order valence-corrected chi connectivity index (χ2v) is 4.91. The minimum atomic E-state index is -1.08. The maximum absolute atomic E-state index is 11.9. The molecule has 2 heterocycles. The van der Waals surface area contributed by atoms with Crippen LogP contribution in [0.2, 0.25) is 0 Å². The van der Waals surface area contributed by atoms with Gasteiger partial charge in [-0.2, -0.15) is 0 Å². The standard InChI is InChI=1S/C12H16N4O3/c1-12(2)11(19)14-3-4-16(12)9-8(13)5-7(6-15-9)10(17)18/h5-6H,3-4,13H2,1-2H3,(H,14,19)(H,17,18). The van der Waals surface area contributed by atoms with E-state index in [4.69, 9.17) is 10.8 Å². The molecule has 7 nitrogen and oxygen atoms in total. The van der Waals surface area contributed by atoms with E-state index in [1.165, 1.54) is 12.3 Å². The van der Waals surface area contributed by atoms with Gasteiger partial charge >= 0.3 is 5.97 Å². The lowest BCUT2D eigenvalue weighted by Crippen LogP contribution is -2.62. The minimum Gasteiger partial charge on any atom is -0.478 e. The van der Waals surface area contributed by atoms with Crippen molar-refractivity contribution in [3.05, 3.63) is 17.8 Å². The molecule has 0 aromatic carbocycles. The smallest absolute Gasteiger partial charge is 0.337 e. The van der Waals surface area contributed by atoms with Crippen molar-refractivity contribution in [2.75, 3.05) is 23.7 Å². The van der Waals surface area contributed by atoms with E-state index in [2.05, 4.69) is 10.3 Å². The number of anilines is 2. The first-order valence-corrected chi connectivity index (χ1v) is 5.89. The molecule has 1 amide bonds. The largest absolute Gasteiger partial charge is 0.478 e. The van der Waals surface area contributed by atoms with Crippen LogP contribution in [0, 0.1) is 0 Å². The Morgan fingerprint density at radius 3 is 2.84 bits per heavy atom. The van der Waals surface area contributed by atoms with Crippen LogP contribution in [0.3, 0.4) is 0 Å². The topological polar surface area (TPSA) is 109 Å². The lowest BCUT2D eigenvalue weighted by molar-refractivity contribution is -0.126. The molecule has 0 radical (unpaired) electrons. The highest BCUT2D eigenvalue weighted by Crippen LogP contribution is 2.29. The van der Waals surface area contributed by atoms with Gasteiger partial charge in [-0.1, -0.05) is 0 Å². The van der Waals surface area contributed by atoms with Crippen LogP contribution in [-0.2, 0) is 4.79 Å². The predicted octanol–water partition coefficient (Wildman–Crippen LogP) is 0.0768. The third kappa shape index (κ3) is 2.18. The predicted molar refractivity (Wildman–Crippen MR) is 70.0 cm³/mol. The summed E-state index contributed by atoms with van der Waals surface area (Å²) in [6.45, 7) is 4.62. The molecule has 19 heavy (non-hydrogen) atoms. The molecule has 1 aliphatic heterocycles. The number of hydrogen-bond acceptors (Lipinski definition) is 5. The minimum absolute atomic E-state index is 0.0283. The van der Waals surface area contributed by atoms with Crippen LogP contribution >= 0.6 is 0 Å². The van der Waals surface area contributed by atoms with Gasteiger partial charge in [0.25, 0.3) is 0 Å². The van der Waals surface area contributed by atoms with Gasteiger partial charge in [-0.25, -0.2) is 9.78 Å². The summed E-state index contributed by atoms with van der Waals surface area (Å²) in [5, 5.41) is 11.7. The summed E-state index contributed by atoms with van der Waals surface area (Å²) >= 11 is 0. The van der Waals surface area contributed by atoms with Gasteiger partial charge in [0.05, 0.1) is 11.3 Å². The highest BCUT2D eigenvalue weighted by atomic mass is 16.4. The van der Waals surface area contributed by atoms with E-state index >= 15 is 0 Å². The first-order valence-electron chi connectivity index (χ1n) is 5.89. The second-order valence-electron chi connectivity index (χ2n) is 4.91. The van der Waals surface area contributed by atoms with Gasteiger partial charge in [-0.05, 0) is 19.9 Å². The molecule has 0 spiro atoms. The van der Waals surface area contributed by atoms with E-state index < -0.39 is 11.5 Å². The number of carboxylic acid groups (broad SMARTS) is 1. The van der Waals surface area contributed by atoms with Crippen LogP contribution < -0.4 is 16.0 Å². The van der Waals surface area contributed by atoms with E-state index in [9.17, 15) is 9.59 Å². The van der Waals surface area contributed by atoms with Crippen LogP contribution in [0.4, 0.5) is 11.5 Å². The monoisotopic (exact) mass is 264 g/mol. The zero-order valence-corrected chi connectivity index (χ0v) is 10.8. The Bertz CT molecular complexity index is 542. The molecule has 1 aliphatic rings. The molecular weight excluding hydrogens is 248 g/mol. The zero-order chi connectivity index (χ0) is 14.2. The van der Waals surface area contributed by atoms with Gasteiger partial charge in [0, 0.05) is 19.3 Å². The molecule has 1 aromatic rings. The number of piperazine rings is 1. The number of nitrogens with two attached hydrogens (primary N) is 1. The molecule has 0 unspecified atom stereocenters. The second kappa shape index (κ2) is 4.42. The number of amides is 1. The van der Waals surface area contributed by atoms with Gasteiger partial charge < -0.3 is 21.1 Å². The normalized spacial score (nSPS) is 18.0. The Morgan fingerprint density at radius 2 is 2.26 bits per heavy atom. The van der Waals surface area contributed by atoms with E-state index in [1.807, 2.05) is 0 Å². The van der Waals surface area contributed by atoms with Gasteiger partial charge in [0.1, 0.15) is 5.54 Å². The van der Waals surface area contributed by atoms with Crippen molar-refractivity contribution in [3.8, 4) is 0 Å². The SMILES string of the molecule is CC1(C)C(=O)NCCN1c1ncc(C(=O)O)cc1N. The Kier molecular flexibility index (Phi) is 3.05. The summed E-state index contributed by atoms with van der Waals surface area (Å²) < 4.78 is 0. The summed E-state index contributed by atoms with van der Waals surface area (Å²) in [6.07, 6.45) is 1.25. The molecule has 1 fully saturated rings. The number of nitrogens with one attached hydrogen (secondary N) is 1. The van der Waals surface area contributed by atoms with E-state index in [0.717, 1.165) is 0 Å². The third-order valence-corrected chi connectivity index (χ3v) is 3.25. The fraction of sp³-hybridized carbons (Fsp3) is 0.417. The van der Waals surface area contributed by atoms with Crippen molar-refractivity contribution >= 4 is 23.4 Å². The summed E-state index contributed by atoms with van der Waals surface area (Å²) in [6, 6.07) is 1.35. The van der Waals surface area contributed by atoms with Crippen molar-refractivity contribution in [1.82, 2.24) is 10.3 Å². The van der Waals surface area contributed by atoms with Crippen LogP contribution in [0.25, 0.3) is 0 Å². The molecule has 4 N–H and O–H groups in total. The average molecular weight is 264 g/mol. The van der Waals surface area contributed by atoms with Crippen LogP contribution in [0.5, 0.6) is 0 Å². The van der Waals surface area contributed by atoms with Crippen molar-refractivity contribution in [1.29, 1.82) is 0 Å². The number of aromatic nitrogens is 1. The van der Waals surface area contributed by atoms with Crippen LogP contribution in [0.15, 0.2) is 12.3 Å². The fourth-order valence-electron chi connectivity index (χ4n) is 2.09. The maximum atomic E-state index is 11.9. The summed E-state index contributed by atoms with van der Waals surface area (Å²) in [4.78, 5) is 28.6. The highest BCUT2D eigenvalue weighted by Gasteiger charge is 2.39. The average Bonchev–Trinajstić information content (AvgIpc) is 2.33. The number of aromatic carboxylic acids is 1. The molecular formula is C12H16N4O3. The molecule has 0 atom stereocenters. The summed E-state index contributed by atoms with van der Waals surface area (Å²) in [7, 11) is 0. The fourth-order valence-corrected chi connectivity index (χ4v) is 2.09. The van der Waals surface area contributed by atoms with Gasteiger partial charge in [-0.15, -0.1) is 0 Å². The van der Waals surface area contributed by atoms with Crippen molar-refractivity contribution in [2.45, 2.75) is 19.4 Å². The summed E-state index contributed by atoms with van der Waals surface area (Å²) in [5.74, 6) is -0.756. The van der Waals surface area contributed by atoms with E-state index in [-0.39, 0.29) is 17.2 Å².